The zero-order valence-electron chi connectivity index (χ0n) is 23.2. The zero-order valence-corrected chi connectivity index (χ0v) is 23.2. The first-order valence-electron chi connectivity index (χ1n) is 13.5. The van der Waals surface area contributed by atoms with Crippen LogP contribution in [-0.4, -0.2) is 50.8 Å². The summed E-state index contributed by atoms with van der Waals surface area (Å²) in [6, 6.07) is 0. The Bertz CT molecular complexity index is 1130. The first-order chi connectivity index (χ1) is 16.9. The van der Waals surface area contributed by atoms with Gasteiger partial charge in [0.05, 0.1) is 23.5 Å². The second-order valence-electron chi connectivity index (χ2n) is 13.5. The molecule has 0 aromatic carbocycles. The van der Waals surface area contributed by atoms with Crippen molar-refractivity contribution >= 4 is 23.3 Å². The van der Waals surface area contributed by atoms with Gasteiger partial charge in [-0.05, 0) is 72.8 Å². The summed E-state index contributed by atoms with van der Waals surface area (Å²) in [5.41, 5.74) is -1.06. The molecular formula is C30H42O7. The second-order valence-corrected chi connectivity index (χ2v) is 13.5. The monoisotopic (exact) mass is 514 g/mol. The summed E-state index contributed by atoms with van der Waals surface area (Å²) in [6.07, 6.45) is 1.71. The first kappa shape index (κ1) is 27.9. The zero-order chi connectivity index (χ0) is 27.9. The smallest absolute Gasteiger partial charge is 0.306 e. The van der Waals surface area contributed by atoms with Gasteiger partial charge in [0.25, 0.3) is 0 Å². The molecule has 4 aliphatic rings. The topological polar surface area (TPSA) is 129 Å². The van der Waals surface area contributed by atoms with Gasteiger partial charge in [0.2, 0.25) is 0 Å². The number of aliphatic hydroxyl groups excluding tert-OH is 2. The average molecular weight is 515 g/mol. The molecule has 8 atom stereocenters. The lowest BCUT2D eigenvalue weighted by Crippen LogP contribution is -2.60. The molecule has 8 unspecified atom stereocenters. The predicted octanol–water partition coefficient (Wildman–Crippen LogP) is 4.05. The van der Waals surface area contributed by atoms with E-state index in [1.165, 1.54) is 13.0 Å². The molecule has 0 saturated heterocycles. The highest BCUT2D eigenvalue weighted by Gasteiger charge is 2.69. The summed E-state index contributed by atoms with van der Waals surface area (Å²) in [5.74, 6) is -2.71. The van der Waals surface area contributed by atoms with Gasteiger partial charge in [0.15, 0.2) is 11.6 Å². The molecule has 0 aromatic heterocycles. The molecule has 37 heavy (non-hydrogen) atoms. The lowest BCUT2D eigenvalue weighted by Gasteiger charge is -2.61. The number of carboxylic acids is 1. The van der Waals surface area contributed by atoms with Crippen molar-refractivity contribution in [1.29, 1.82) is 0 Å². The molecule has 4 aliphatic carbocycles. The van der Waals surface area contributed by atoms with Gasteiger partial charge in [0, 0.05) is 24.8 Å². The van der Waals surface area contributed by atoms with Gasteiger partial charge in [-0.25, -0.2) is 0 Å². The van der Waals surface area contributed by atoms with Crippen LogP contribution in [0.1, 0.15) is 87.0 Å². The third kappa shape index (κ3) is 3.75. The minimum Gasteiger partial charge on any atom is -0.481 e. The number of aliphatic carboxylic acids is 1. The first-order valence-corrected chi connectivity index (χ1v) is 13.5. The van der Waals surface area contributed by atoms with E-state index in [0.29, 0.717) is 36.0 Å². The van der Waals surface area contributed by atoms with E-state index >= 15 is 0 Å². The fraction of sp³-hybridized carbons (Fsp3) is 0.733. The Morgan fingerprint density at radius 2 is 1.73 bits per heavy atom. The highest BCUT2D eigenvalue weighted by Crippen LogP contribution is 2.70. The van der Waals surface area contributed by atoms with Gasteiger partial charge >= 0.3 is 5.97 Å². The number of hydrogen-bond acceptors (Lipinski definition) is 6. The Labute approximate surface area is 219 Å². The van der Waals surface area contributed by atoms with Crippen LogP contribution < -0.4 is 0 Å². The van der Waals surface area contributed by atoms with Crippen LogP contribution in [0.2, 0.25) is 0 Å². The fourth-order valence-corrected chi connectivity index (χ4v) is 8.69. The van der Waals surface area contributed by atoms with Crippen molar-refractivity contribution < 1.29 is 34.5 Å². The Balaban J connectivity index is 1.80. The van der Waals surface area contributed by atoms with Crippen LogP contribution in [0.25, 0.3) is 0 Å². The Morgan fingerprint density at radius 1 is 1.11 bits per heavy atom. The number of carbonyl (C=O) groups excluding carboxylic acids is 3. The van der Waals surface area contributed by atoms with E-state index in [1.807, 2.05) is 27.7 Å². The van der Waals surface area contributed by atoms with Crippen LogP contribution in [0.4, 0.5) is 0 Å². The molecule has 204 valence electrons. The number of aliphatic hydroxyl groups is 2. The van der Waals surface area contributed by atoms with Gasteiger partial charge in [-0.2, -0.15) is 0 Å². The minimum absolute atomic E-state index is 0.0321. The summed E-state index contributed by atoms with van der Waals surface area (Å²) in [4.78, 5) is 51.7. The summed E-state index contributed by atoms with van der Waals surface area (Å²) >= 11 is 0. The van der Waals surface area contributed by atoms with E-state index < -0.39 is 45.8 Å². The van der Waals surface area contributed by atoms with Crippen molar-refractivity contribution in [2.45, 2.75) is 99.2 Å². The third-order valence-electron chi connectivity index (χ3n) is 11.2. The van der Waals surface area contributed by atoms with Crippen LogP contribution >= 0.6 is 0 Å². The number of allylic oxidation sites excluding steroid dienone is 3. The van der Waals surface area contributed by atoms with Crippen molar-refractivity contribution in [3.05, 3.63) is 22.8 Å². The van der Waals surface area contributed by atoms with Gasteiger partial charge in [-0.1, -0.05) is 40.2 Å². The molecular weight excluding hydrogens is 472 g/mol. The molecule has 4 rings (SSSR count). The van der Waals surface area contributed by atoms with Crippen molar-refractivity contribution in [3.63, 3.8) is 0 Å². The number of hydrogen-bond donors (Lipinski definition) is 3. The number of carboxylic acid groups (broad SMARTS) is 1. The van der Waals surface area contributed by atoms with Gasteiger partial charge in [-0.15, -0.1) is 0 Å². The molecule has 0 amide bonds. The number of ketones is 3. The molecule has 3 N–H and O–H groups in total. The van der Waals surface area contributed by atoms with E-state index in [9.17, 15) is 29.4 Å². The molecule has 0 bridgehead atoms. The average Bonchev–Trinajstić information content (AvgIpc) is 2.99. The van der Waals surface area contributed by atoms with E-state index in [2.05, 4.69) is 6.92 Å². The Kier molecular flexibility index (Phi) is 6.56. The van der Waals surface area contributed by atoms with Crippen molar-refractivity contribution in [1.82, 2.24) is 0 Å². The van der Waals surface area contributed by atoms with Gasteiger partial charge < -0.3 is 15.3 Å². The SMILES string of the molecule is C/C(=C\C(=O)CC(C)C(=O)O)C1CC(=O)C2(C)C3=C(C(=O)CC12C)C1(C)CCC(O)C(C)(C)C1CC3O. The van der Waals surface area contributed by atoms with E-state index in [1.54, 1.807) is 6.92 Å². The normalized spacial score (nSPS) is 42.1. The number of rotatable bonds is 5. The van der Waals surface area contributed by atoms with Crippen LogP contribution in [0.5, 0.6) is 0 Å². The molecule has 2 saturated carbocycles. The molecule has 2 fully saturated rings. The van der Waals surface area contributed by atoms with Crippen molar-refractivity contribution in [2.24, 2.45) is 39.4 Å². The quantitative estimate of drug-likeness (QED) is 0.472. The van der Waals surface area contributed by atoms with Crippen molar-refractivity contribution in [3.8, 4) is 0 Å². The number of Topliss-reactive ketones (excluding diaryl/α,β-unsaturated/α-hetero) is 2. The van der Waals surface area contributed by atoms with Crippen LogP contribution in [0, 0.1) is 39.4 Å². The van der Waals surface area contributed by atoms with Crippen LogP contribution in [0.15, 0.2) is 22.8 Å². The molecule has 0 spiro atoms. The maximum Gasteiger partial charge on any atom is 0.306 e. The Hall–Kier alpha value is -2.12. The lowest BCUT2D eigenvalue weighted by atomic mass is 9.42. The minimum atomic E-state index is -1.05. The highest BCUT2D eigenvalue weighted by molar-refractivity contribution is 6.05. The summed E-state index contributed by atoms with van der Waals surface area (Å²) in [6.45, 7) is 13.1. The summed E-state index contributed by atoms with van der Waals surface area (Å²) < 4.78 is 0. The van der Waals surface area contributed by atoms with Gasteiger partial charge in [-0.3, -0.25) is 19.2 Å². The number of fused-ring (bicyclic) bond motifs is 4. The molecule has 0 aliphatic heterocycles. The highest BCUT2D eigenvalue weighted by atomic mass is 16.4. The fourth-order valence-electron chi connectivity index (χ4n) is 8.69. The molecule has 0 heterocycles. The van der Waals surface area contributed by atoms with Gasteiger partial charge in [0.1, 0.15) is 5.78 Å². The largest absolute Gasteiger partial charge is 0.481 e. The number of carbonyl (C=O) groups is 4. The van der Waals surface area contributed by atoms with Crippen molar-refractivity contribution in [2.75, 3.05) is 0 Å². The standard InChI is InChI=1S/C30H42O7/c1-15(10-17(31)11-16(2)26(36)37)18-12-23(35)30(7)25-19(32)13-21-27(3,4)22(34)8-9-28(21,5)24(25)20(33)14-29(18,30)6/h10,16,18-19,21-22,32,34H,8-9,11-14H2,1-7H3,(H,36,37)/b15-10+. The molecule has 0 radical (unpaired) electrons. The molecule has 0 aromatic rings. The third-order valence-corrected chi connectivity index (χ3v) is 11.2. The van der Waals surface area contributed by atoms with E-state index in [-0.39, 0.29) is 48.4 Å². The maximum absolute atomic E-state index is 14.0. The van der Waals surface area contributed by atoms with E-state index in [4.69, 9.17) is 5.11 Å². The van der Waals surface area contributed by atoms with E-state index in [0.717, 1.165) is 0 Å². The summed E-state index contributed by atoms with van der Waals surface area (Å²) in [7, 11) is 0. The predicted molar refractivity (Wildman–Crippen MR) is 137 cm³/mol. The lowest BCUT2D eigenvalue weighted by molar-refractivity contribution is -0.143. The maximum atomic E-state index is 14.0. The molecule has 7 heteroatoms. The van der Waals surface area contributed by atoms with Crippen LogP contribution in [-0.2, 0) is 19.2 Å². The van der Waals surface area contributed by atoms with Crippen LogP contribution in [0.3, 0.4) is 0 Å². The second kappa shape index (κ2) is 8.70. The summed E-state index contributed by atoms with van der Waals surface area (Å²) in [5, 5.41) is 31.5. The molecule has 7 nitrogen and oxygen atoms in total. The Morgan fingerprint density at radius 3 is 2.32 bits per heavy atom.